The molecule has 0 radical (unpaired) electrons. The third-order valence-corrected chi connectivity index (χ3v) is 4.21. The topological polar surface area (TPSA) is 66.9 Å². The molecule has 0 aliphatic carbocycles. The number of benzene rings is 2. The lowest BCUT2D eigenvalue weighted by atomic mass is 10.1. The number of halogens is 2. The molecule has 0 atom stereocenters. The second kappa shape index (κ2) is 7.72. The van der Waals surface area contributed by atoms with E-state index >= 15 is 0 Å². The summed E-state index contributed by atoms with van der Waals surface area (Å²) in [5.41, 5.74) is 3.86. The zero-order valence-electron chi connectivity index (χ0n) is 14.2. The number of amides is 1. The van der Waals surface area contributed by atoms with E-state index in [-0.39, 0.29) is 17.5 Å². The summed E-state index contributed by atoms with van der Waals surface area (Å²) in [7, 11) is 0. The quantitative estimate of drug-likeness (QED) is 0.629. The van der Waals surface area contributed by atoms with Crippen LogP contribution in [-0.4, -0.2) is 15.9 Å². The first-order chi connectivity index (χ1) is 12.4. The number of aromatic nitrogens is 2. The normalized spacial score (nSPS) is 10.5. The predicted octanol–water partition coefficient (Wildman–Crippen LogP) is 5.40. The molecule has 0 aliphatic rings. The standard InChI is InChI=1S/C19H16Cl2N4O/c1-11-3-4-15(7-12(11)2)23-18(26)17-5-6-22-19(25-17)24-16-9-13(20)8-14(21)10-16/h3-10H,1-2H3,(H,23,26)(H,22,24,25). The van der Waals surface area contributed by atoms with Crippen molar-refractivity contribution in [2.75, 3.05) is 10.6 Å². The summed E-state index contributed by atoms with van der Waals surface area (Å²) in [6.07, 6.45) is 1.51. The molecular formula is C19H16Cl2N4O. The minimum absolute atomic E-state index is 0.244. The summed E-state index contributed by atoms with van der Waals surface area (Å²) >= 11 is 12.0. The Labute approximate surface area is 161 Å². The van der Waals surface area contributed by atoms with Crippen LogP contribution in [0.2, 0.25) is 10.0 Å². The van der Waals surface area contributed by atoms with Gasteiger partial charge in [0.05, 0.1) is 0 Å². The third kappa shape index (κ3) is 4.50. The van der Waals surface area contributed by atoms with Gasteiger partial charge in [0, 0.05) is 27.6 Å². The van der Waals surface area contributed by atoms with Crippen molar-refractivity contribution < 1.29 is 4.79 Å². The number of nitrogens with one attached hydrogen (secondary N) is 2. The van der Waals surface area contributed by atoms with Gasteiger partial charge in [-0.3, -0.25) is 4.79 Å². The Kier molecular flexibility index (Phi) is 5.40. The van der Waals surface area contributed by atoms with Crippen LogP contribution < -0.4 is 10.6 Å². The lowest BCUT2D eigenvalue weighted by Gasteiger charge is -2.09. The summed E-state index contributed by atoms with van der Waals surface area (Å²) < 4.78 is 0. The van der Waals surface area contributed by atoms with Crippen LogP contribution in [0.4, 0.5) is 17.3 Å². The molecule has 7 heteroatoms. The highest BCUT2D eigenvalue weighted by Crippen LogP contribution is 2.24. The minimum atomic E-state index is -0.317. The maximum absolute atomic E-state index is 12.5. The highest BCUT2D eigenvalue weighted by molar-refractivity contribution is 6.35. The van der Waals surface area contributed by atoms with Gasteiger partial charge >= 0.3 is 0 Å². The second-order valence-corrected chi connectivity index (χ2v) is 6.67. The highest BCUT2D eigenvalue weighted by atomic mass is 35.5. The lowest BCUT2D eigenvalue weighted by Crippen LogP contribution is -2.15. The number of carbonyl (C=O) groups excluding carboxylic acids is 1. The molecule has 26 heavy (non-hydrogen) atoms. The Balaban J connectivity index is 1.77. The summed E-state index contributed by atoms with van der Waals surface area (Å²) in [6, 6.07) is 12.3. The molecule has 0 saturated carbocycles. The molecule has 1 heterocycles. The summed E-state index contributed by atoms with van der Waals surface area (Å²) in [6.45, 7) is 4.01. The van der Waals surface area contributed by atoms with E-state index in [0.717, 1.165) is 11.1 Å². The monoisotopic (exact) mass is 386 g/mol. The van der Waals surface area contributed by atoms with E-state index in [4.69, 9.17) is 23.2 Å². The van der Waals surface area contributed by atoms with E-state index < -0.39 is 0 Å². The minimum Gasteiger partial charge on any atom is -0.324 e. The smallest absolute Gasteiger partial charge is 0.274 e. The van der Waals surface area contributed by atoms with E-state index in [9.17, 15) is 4.79 Å². The van der Waals surface area contributed by atoms with Gasteiger partial charge in [-0.15, -0.1) is 0 Å². The summed E-state index contributed by atoms with van der Waals surface area (Å²) in [5.74, 6) is -0.0427. The van der Waals surface area contributed by atoms with Crippen molar-refractivity contribution in [2.24, 2.45) is 0 Å². The van der Waals surface area contributed by atoms with Crippen molar-refractivity contribution in [3.8, 4) is 0 Å². The van der Waals surface area contributed by atoms with E-state index in [1.54, 1.807) is 24.3 Å². The molecule has 0 unspecified atom stereocenters. The van der Waals surface area contributed by atoms with Gasteiger partial charge in [-0.25, -0.2) is 9.97 Å². The van der Waals surface area contributed by atoms with Crippen LogP contribution in [0.5, 0.6) is 0 Å². The number of nitrogens with zero attached hydrogens (tertiary/aromatic N) is 2. The number of rotatable bonds is 4. The van der Waals surface area contributed by atoms with Gasteiger partial charge in [0.2, 0.25) is 5.95 Å². The number of anilines is 3. The number of carbonyl (C=O) groups is 1. The van der Waals surface area contributed by atoms with Gasteiger partial charge in [0.1, 0.15) is 5.69 Å². The SMILES string of the molecule is Cc1ccc(NC(=O)c2ccnc(Nc3cc(Cl)cc(Cl)c3)n2)cc1C. The van der Waals surface area contributed by atoms with Crippen LogP contribution in [0.1, 0.15) is 21.6 Å². The van der Waals surface area contributed by atoms with E-state index in [2.05, 4.69) is 20.6 Å². The largest absolute Gasteiger partial charge is 0.324 e. The van der Waals surface area contributed by atoms with Crippen molar-refractivity contribution in [1.82, 2.24) is 9.97 Å². The zero-order valence-corrected chi connectivity index (χ0v) is 15.7. The fourth-order valence-corrected chi connectivity index (χ4v) is 2.84. The maximum atomic E-state index is 12.5. The van der Waals surface area contributed by atoms with Crippen molar-refractivity contribution in [3.05, 3.63) is 75.5 Å². The van der Waals surface area contributed by atoms with Crippen molar-refractivity contribution in [2.45, 2.75) is 13.8 Å². The highest BCUT2D eigenvalue weighted by Gasteiger charge is 2.10. The number of aryl methyl sites for hydroxylation is 2. The van der Waals surface area contributed by atoms with Gasteiger partial charge in [-0.2, -0.15) is 0 Å². The van der Waals surface area contributed by atoms with Crippen molar-refractivity contribution >= 4 is 46.4 Å². The molecular weight excluding hydrogens is 371 g/mol. The van der Waals surface area contributed by atoms with Gasteiger partial charge in [0.15, 0.2) is 0 Å². The Morgan fingerprint density at radius 1 is 0.923 bits per heavy atom. The molecule has 2 N–H and O–H groups in total. The van der Waals surface area contributed by atoms with Crippen LogP contribution in [0.3, 0.4) is 0 Å². The van der Waals surface area contributed by atoms with Crippen molar-refractivity contribution in [1.29, 1.82) is 0 Å². The molecule has 0 saturated heterocycles. The molecule has 3 rings (SSSR count). The Morgan fingerprint density at radius 3 is 2.35 bits per heavy atom. The molecule has 3 aromatic rings. The van der Waals surface area contributed by atoms with Gasteiger partial charge in [0.25, 0.3) is 5.91 Å². The second-order valence-electron chi connectivity index (χ2n) is 5.80. The average Bonchev–Trinajstić information content (AvgIpc) is 2.57. The summed E-state index contributed by atoms with van der Waals surface area (Å²) in [4.78, 5) is 20.8. The maximum Gasteiger partial charge on any atom is 0.274 e. The number of hydrogen-bond donors (Lipinski definition) is 2. The van der Waals surface area contributed by atoms with E-state index in [0.29, 0.717) is 21.4 Å². The van der Waals surface area contributed by atoms with E-state index in [1.165, 1.54) is 6.20 Å². The van der Waals surface area contributed by atoms with Gasteiger partial charge in [-0.1, -0.05) is 29.3 Å². The molecule has 1 amide bonds. The fourth-order valence-electron chi connectivity index (χ4n) is 2.31. The molecule has 0 aliphatic heterocycles. The first-order valence-electron chi connectivity index (χ1n) is 7.85. The first kappa shape index (κ1) is 18.2. The Hall–Kier alpha value is -2.63. The molecule has 2 aromatic carbocycles. The molecule has 132 valence electrons. The molecule has 0 fully saturated rings. The van der Waals surface area contributed by atoms with E-state index in [1.807, 2.05) is 32.0 Å². The molecule has 0 spiro atoms. The predicted molar refractivity (Wildman–Crippen MR) is 106 cm³/mol. The van der Waals surface area contributed by atoms with Crippen LogP contribution in [0.25, 0.3) is 0 Å². The summed E-state index contributed by atoms with van der Waals surface area (Å²) in [5, 5.41) is 6.81. The Morgan fingerprint density at radius 2 is 1.65 bits per heavy atom. The lowest BCUT2D eigenvalue weighted by molar-refractivity contribution is 0.102. The fraction of sp³-hybridized carbons (Fsp3) is 0.105. The van der Waals surface area contributed by atoms with Gasteiger partial charge in [-0.05, 0) is 61.4 Å². The molecule has 1 aromatic heterocycles. The zero-order chi connectivity index (χ0) is 18.7. The average molecular weight is 387 g/mol. The Bertz CT molecular complexity index is 955. The first-order valence-corrected chi connectivity index (χ1v) is 8.61. The van der Waals surface area contributed by atoms with Crippen LogP contribution in [0, 0.1) is 13.8 Å². The third-order valence-electron chi connectivity index (χ3n) is 3.77. The molecule has 5 nitrogen and oxygen atoms in total. The molecule has 0 bridgehead atoms. The van der Waals surface area contributed by atoms with Crippen LogP contribution in [-0.2, 0) is 0 Å². The van der Waals surface area contributed by atoms with Crippen molar-refractivity contribution in [3.63, 3.8) is 0 Å². The van der Waals surface area contributed by atoms with Crippen LogP contribution in [0.15, 0.2) is 48.7 Å². The van der Waals surface area contributed by atoms with Gasteiger partial charge < -0.3 is 10.6 Å². The number of hydrogen-bond acceptors (Lipinski definition) is 4. The van der Waals surface area contributed by atoms with Crippen LogP contribution >= 0.6 is 23.2 Å².